The normalized spacial score (nSPS) is 15.2. The van der Waals surface area contributed by atoms with E-state index in [0.717, 1.165) is 29.2 Å². The second kappa shape index (κ2) is 9.70. The minimum atomic E-state index is 0. The van der Waals surface area contributed by atoms with E-state index in [1.807, 2.05) is 30.4 Å². The molecule has 2 aromatic heterocycles. The van der Waals surface area contributed by atoms with Crippen LogP contribution < -0.4 is 10.2 Å². The summed E-state index contributed by atoms with van der Waals surface area (Å²) in [6, 6.07) is 2.07. The molecule has 3 rings (SSSR count). The van der Waals surface area contributed by atoms with Gasteiger partial charge in [-0.3, -0.25) is 9.48 Å². The summed E-state index contributed by atoms with van der Waals surface area (Å²) in [5.74, 6) is 0.843. The molecule has 1 fully saturated rings. The third kappa shape index (κ3) is 5.19. The van der Waals surface area contributed by atoms with Crippen molar-refractivity contribution in [1.29, 1.82) is 0 Å². The van der Waals surface area contributed by atoms with Gasteiger partial charge in [0, 0.05) is 47.6 Å². The van der Waals surface area contributed by atoms with Gasteiger partial charge in [-0.25, -0.2) is 4.99 Å². The molecule has 1 aliphatic rings. The van der Waals surface area contributed by atoms with Crippen LogP contribution in [0.5, 0.6) is 0 Å². The maximum absolute atomic E-state index is 12.6. The number of piperazine rings is 1. The fraction of sp³-hybridized carbons (Fsp3) is 0.438. The van der Waals surface area contributed by atoms with Gasteiger partial charge in [0.05, 0.1) is 18.4 Å². The van der Waals surface area contributed by atoms with Crippen molar-refractivity contribution in [1.82, 2.24) is 20.0 Å². The molecule has 3 heterocycles. The second-order valence-corrected chi connectivity index (χ2v) is 7.65. The molecule has 0 aliphatic carbocycles. The lowest BCUT2D eigenvalue weighted by atomic mass is 10.3. The second-order valence-electron chi connectivity index (χ2n) is 5.74. The Morgan fingerprint density at radius 2 is 2.27 bits per heavy atom. The fourth-order valence-corrected chi connectivity index (χ4v) is 4.06. The van der Waals surface area contributed by atoms with Crippen LogP contribution in [0.1, 0.15) is 11.8 Å². The Labute approximate surface area is 182 Å². The molecule has 1 amide bonds. The van der Waals surface area contributed by atoms with Crippen molar-refractivity contribution in [3.05, 3.63) is 33.2 Å². The first-order valence-electron chi connectivity index (χ1n) is 8.12. The standard InChI is InChI=1S/C16H21BrN6OS.HI/c1-3-18-16(19-8-14-6-12(17)11-25-14)22-4-5-23(15(24)10-22)13-7-20-21(2)9-13;/h6-7,9,11H,3-5,8,10H2,1-2H3,(H,18,19);1H. The minimum Gasteiger partial charge on any atom is -0.356 e. The SMILES string of the molecule is CCNC(=NCc1cc(Br)cs1)N1CCN(c2cnn(C)c2)C(=O)C1.I. The summed E-state index contributed by atoms with van der Waals surface area (Å²) in [5.41, 5.74) is 0.845. The van der Waals surface area contributed by atoms with Crippen LogP contribution in [-0.4, -0.2) is 52.7 Å². The monoisotopic (exact) mass is 552 g/mol. The minimum absolute atomic E-state index is 0. The molecule has 0 atom stereocenters. The summed E-state index contributed by atoms with van der Waals surface area (Å²) in [7, 11) is 1.85. The van der Waals surface area contributed by atoms with Crippen LogP contribution in [0.4, 0.5) is 5.69 Å². The van der Waals surface area contributed by atoms with E-state index in [1.165, 1.54) is 4.88 Å². The number of carbonyl (C=O) groups is 1. The number of hydrogen-bond donors (Lipinski definition) is 1. The third-order valence-electron chi connectivity index (χ3n) is 3.86. The molecule has 0 aromatic carbocycles. The van der Waals surface area contributed by atoms with Crippen molar-refractivity contribution in [3.8, 4) is 0 Å². The highest BCUT2D eigenvalue weighted by Gasteiger charge is 2.27. The number of rotatable bonds is 4. The van der Waals surface area contributed by atoms with Crippen molar-refractivity contribution in [2.75, 3.05) is 31.1 Å². The van der Waals surface area contributed by atoms with Crippen LogP contribution >= 0.6 is 51.2 Å². The number of aliphatic imine (C=N–C) groups is 1. The summed E-state index contributed by atoms with van der Waals surface area (Å²) < 4.78 is 2.78. The number of nitrogens with zero attached hydrogens (tertiary/aromatic N) is 5. The molecule has 1 aliphatic heterocycles. The molecule has 2 aromatic rings. The van der Waals surface area contributed by atoms with Gasteiger partial charge in [-0.1, -0.05) is 0 Å². The zero-order valence-corrected chi connectivity index (χ0v) is 19.4. The van der Waals surface area contributed by atoms with E-state index in [4.69, 9.17) is 4.99 Å². The van der Waals surface area contributed by atoms with E-state index in [1.54, 1.807) is 27.1 Å². The van der Waals surface area contributed by atoms with Crippen LogP contribution in [0, 0.1) is 0 Å². The van der Waals surface area contributed by atoms with Crippen molar-refractivity contribution < 1.29 is 4.79 Å². The van der Waals surface area contributed by atoms with E-state index in [9.17, 15) is 4.79 Å². The number of thiophene rings is 1. The smallest absolute Gasteiger partial charge is 0.246 e. The molecule has 0 radical (unpaired) electrons. The Hall–Kier alpha value is -1.14. The van der Waals surface area contributed by atoms with Gasteiger partial charge in [0.2, 0.25) is 5.91 Å². The largest absolute Gasteiger partial charge is 0.356 e. The first-order valence-corrected chi connectivity index (χ1v) is 9.79. The molecule has 1 N–H and O–H groups in total. The Kier molecular flexibility index (Phi) is 7.89. The van der Waals surface area contributed by atoms with Crippen LogP contribution in [0.15, 0.2) is 33.3 Å². The summed E-state index contributed by atoms with van der Waals surface area (Å²) in [4.78, 5) is 22.2. The molecule has 0 saturated carbocycles. The number of hydrogen-bond acceptors (Lipinski definition) is 4. The summed E-state index contributed by atoms with van der Waals surface area (Å²) in [6.07, 6.45) is 3.59. The number of halogens is 2. The Balaban J connectivity index is 0.00000243. The predicted molar refractivity (Wildman–Crippen MR) is 119 cm³/mol. The Morgan fingerprint density at radius 1 is 1.46 bits per heavy atom. The average Bonchev–Trinajstić information content (AvgIpc) is 3.19. The van der Waals surface area contributed by atoms with E-state index in [2.05, 4.69) is 32.4 Å². The van der Waals surface area contributed by atoms with Crippen molar-refractivity contribution in [3.63, 3.8) is 0 Å². The molecule has 142 valence electrons. The molecule has 0 spiro atoms. The predicted octanol–water partition coefficient (Wildman–Crippen LogP) is 2.68. The highest BCUT2D eigenvalue weighted by Crippen LogP contribution is 2.21. The number of anilines is 1. The number of guanidine groups is 1. The summed E-state index contributed by atoms with van der Waals surface area (Å²) in [5, 5.41) is 9.49. The number of aromatic nitrogens is 2. The quantitative estimate of drug-likeness (QED) is 0.360. The molecule has 7 nitrogen and oxygen atoms in total. The third-order valence-corrected chi connectivity index (χ3v) is 5.55. The van der Waals surface area contributed by atoms with E-state index >= 15 is 0 Å². The molecule has 10 heteroatoms. The fourth-order valence-electron chi connectivity index (χ4n) is 2.69. The molecule has 0 bridgehead atoms. The van der Waals surface area contributed by atoms with Gasteiger partial charge in [0.1, 0.15) is 6.54 Å². The maximum Gasteiger partial charge on any atom is 0.246 e. The van der Waals surface area contributed by atoms with Crippen LogP contribution in [0.25, 0.3) is 0 Å². The molecular weight excluding hydrogens is 531 g/mol. The number of amides is 1. The lowest BCUT2D eigenvalue weighted by Crippen LogP contribution is -2.55. The molecular formula is C16H22BrIN6OS. The molecule has 26 heavy (non-hydrogen) atoms. The zero-order valence-electron chi connectivity index (χ0n) is 14.7. The number of aryl methyl sites for hydroxylation is 1. The highest BCUT2D eigenvalue weighted by atomic mass is 127. The molecule has 0 unspecified atom stereocenters. The van der Waals surface area contributed by atoms with Gasteiger partial charge in [-0.15, -0.1) is 35.3 Å². The first kappa shape index (κ1) is 21.2. The van der Waals surface area contributed by atoms with Gasteiger partial charge in [-0.05, 0) is 28.9 Å². The van der Waals surface area contributed by atoms with Crippen LogP contribution in [0.2, 0.25) is 0 Å². The lowest BCUT2D eigenvalue weighted by molar-refractivity contribution is -0.120. The lowest BCUT2D eigenvalue weighted by Gasteiger charge is -2.35. The van der Waals surface area contributed by atoms with E-state index in [-0.39, 0.29) is 29.9 Å². The molecule has 1 saturated heterocycles. The Bertz CT molecular complexity index is 776. The summed E-state index contributed by atoms with van der Waals surface area (Å²) in [6.45, 7) is 5.08. The average molecular weight is 553 g/mol. The van der Waals surface area contributed by atoms with Crippen molar-refractivity contribution in [2.45, 2.75) is 13.5 Å². The van der Waals surface area contributed by atoms with Crippen LogP contribution in [-0.2, 0) is 18.4 Å². The topological polar surface area (TPSA) is 65.8 Å². The zero-order chi connectivity index (χ0) is 17.8. The Morgan fingerprint density at radius 3 is 2.85 bits per heavy atom. The van der Waals surface area contributed by atoms with E-state index in [0.29, 0.717) is 19.6 Å². The number of nitrogens with one attached hydrogen (secondary N) is 1. The first-order chi connectivity index (χ1) is 12.1. The van der Waals surface area contributed by atoms with Crippen molar-refractivity contribution in [2.24, 2.45) is 12.0 Å². The maximum atomic E-state index is 12.6. The van der Waals surface area contributed by atoms with E-state index < -0.39 is 0 Å². The van der Waals surface area contributed by atoms with Gasteiger partial charge in [0.15, 0.2) is 5.96 Å². The summed E-state index contributed by atoms with van der Waals surface area (Å²) >= 11 is 5.14. The van der Waals surface area contributed by atoms with Gasteiger partial charge in [-0.2, -0.15) is 5.10 Å². The van der Waals surface area contributed by atoms with Crippen LogP contribution in [0.3, 0.4) is 0 Å². The highest BCUT2D eigenvalue weighted by molar-refractivity contribution is 14.0. The van der Waals surface area contributed by atoms with Gasteiger partial charge >= 0.3 is 0 Å². The van der Waals surface area contributed by atoms with Gasteiger partial charge in [0.25, 0.3) is 0 Å². The number of carbonyl (C=O) groups excluding carboxylic acids is 1. The van der Waals surface area contributed by atoms with Crippen molar-refractivity contribution >= 4 is 68.8 Å². The van der Waals surface area contributed by atoms with Gasteiger partial charge < -0.3 is 15.1 Å².